The molecule has 1 atom stereocenters. The fourth-order valence-corrected chi connectivity index (χ4v) is 1.51. The highest BCUT2D eigenvalue weighted by molar-refractivity contribution is 5.57. The Balaban J connectivity index is 3.15. The lowest BCUT2D eigenvalue weighted by Crippen LogP contribution is -2.38. The quantitative estimate of drug-likeness (QED) is 0.449. The first-order valence-corrected chi connectivity index (χ1v) is 6.22. The van der Waals surface area contributed by atoms with Gasteiger partial charge in [0.1, 0.15) is 17.5 Å². The van der Waals surface area contributed by atoms with Crippen LogP contribution in [0.15, 0.2) is 0 Å². The van der Waals surface area contributed by atoms with Gasteiger partial charge in [-0.2, -0.15) is 0 Å². The standard InChI is InChI=1S/C12H23N5O/c1-5-9-14-10(8(3)11(15-9)17-13)16-12(4,6-2)7-18/h18H,5-7,13H2,1-4H3,(H2,14,15,16,17). The lowest BCUT2D eigenvalue weighted by molar-refractivity contribution is 0.218. The second-order valence-electron chi connectivity index (χ2n) is 4.66. The number of nitrogens with one attached hydrogen (secondary N) is 2. The van der Waals surface area contributed by atoms with E-state index in [2.05, 4.69) is 20.7 Å². The fraction of sp³-hybridized carbons (Fsp3) is 0.667. The Morgan fingerprint density at radius 3 is 2.33 bits per heavy atom. The highest BCUT2D eigenvalue weighted by Gasteiger charge is 2.23. The van der Waals surface area contributed by atoms with Crippen LogP contribution in [0.25, 0.3) is 0 Å². The van der Waals surface area contributed by atoms with Crippen molar-refractivity contribution in [1.82, 2.24) is 9.97 Å². The maximum atomic E-state index is 9.44. The largest absolute Gasteiger partial charge is 0.394 e. The SMILES string of the molecule is CCc1nc(NN)c(C)c(NC(C)(CC)CO)n1. The number of hydrogen-bond acceptors (Lipinski definition) is 6. The topological polar surface area (TPSA) is 96.1 Å². The van der Waals surface area contributed by atoms with Crippen molar-refractivity contribution in [3.63, 3.8) is 0 Å². The van der Waals surface area contributed by atoms with Crippen molar-refractivity contribution in [3.8, 4) is 0 Å². The zero-order chi connectivity index (χ0) is 13.8. The van der Waals surface area contributed by atoms with Gasteiger partial charge in [-0.1, -0.05) is 13.8 Å². The van der Waals surface area contributed by atoms with Gasteiger partial charge in [0.2, 0.25) is 0 Å². The van der Waals surface area contributed by atoms with Crippen LogP contribution in [0.4, 0.5) is 11.6 Å². The first-order chi connectivity index (χ1) is 8.49. The summed E-state index contributed by atoms with van der Waals surface area (Å²) >= 11 is 0. The van der Waals surface area contributed by atoms with Crippen LogP contribution in [0.3, 0.4) is 0 Å². The first-order valence-electron chi connectivity index (χ1n) is 6.22. The number of aliphatic hydroxyl groups excluding tert-OH is 1. The van der Waals surface area contributed by atoms with E-state index in [0.29, 0.717) is 17.5 Å². The maximum Gasteiger partial charge on any atom is 0.148 e. The molecule has 6 nitrogen and oxygen atoms in total. The van der Waals surface area contributed by atoms with Crippen LogP contribution in [0.1, 0.15) is 38.6 Å². The van der Waals surface area contributed by atoms with Gasteiger partial charge >= 0.3 is 0 Å². The molecule has 1 aromatic rings. The van der Waals surface area contributed by atoms with Crippen molar-refractivity contribution in [3.05, 3.63) is 11.4 Å². The van der Waals surface area contributed by atoms with Crippen LogP contribution in [0.2, 0.25) is 0 Å². The second-order valence-corrected chi connectivity index (χ2v) is 4.66. The molecule has 0 aliphatic carbocycles. The van der Waals surface area contributed by atoms with E-state index in [9.17, 15) is 5.11 Å². The second kappa shape index (κ2) is 5.97. The number of rotatable bonds is 6. The smallest absolute Gasteiger partial charge is 0.148 e. The van der Waals surface area contributed by atoms with Crippen LogP contribution in [0.5, 0.6) is 0 Å². The third kappa shape index (κ3) is 3.08. The summed E-state index contributed by atoms with van der Waals surface area (Å²) in [5.41, 5.74) is 3.04. The molecule has 1 rings (SSSR count). The number of aryl methyl sites for hydroxylation is 1. The monoisotopic (exact) mass is 253 g/mol. The van der Waals surface area contributed by atoms with Crippen LogP contribution >= 0.6 is 0 Å². The molecule has 0 fully saturated rings. The van der Waals surface area contributed by atoms with Crippen molar-refractivity contribution < 1.29 is 5.11 Å². The van der Waals surface area contributed by atoms with Crippen LogP contribution in [-0.2, 0) is 6.42 Å². The molecule has 6 heteroatoms. The van der Waals surface area contributed by atoms with E-state index in [0.717, 1.165) is 18.4 Å². The highest BCUT2D eigenvalue weighted by Crippen LogP contribution is 2.24. The number of hydrogen-bond donors (Lipinski definition) is 4. The summed E-state index contributed by atoms with van der Waals surface area (Å²) < 4.78 is 0. The lowest BCUT2D eigenvalue weighted by atomic mass is 10.00. The molecule has 0 aliphatic rings. The number of aliphatic hydroxyl groups is 1. The minimum Gasteiger partial charge on any atom is -0.394 e. The third-order valence-electron chi connectivity index (χ3n) is 3.19. The summed E-state index contributed by atoms with van der Waals surface area (Å²) in [6, 6.07) is 0. The fourth-order valence-electron chi connectivity index (χ4n) is 1.51. The van der Waals surface area contributed by atoms with Crippen molar-refractivity contribution in [2.75, 3.05) is 17.3 Å². The molecule has 18 heavy (non-hydrogen) atoms. The molecule has 0 spiro atoms. The Bertz CT molecular complexity index is 404. The Morgan fingerprint density at radius 2 is 1.89 bits per heavy atom. The summed E-state index contributed by atoms with van der Waals surface area (Å²) in [7, 11) is 0. The molecule has 1 heterocycles. The first kappa shape index (κ1) is 14.7. The van der Waals surface area contributed by atoms with Gasteiger partial charge in [0.05, 0.1) is 12.1 Å². The van der Waals surface area contributed by atoms with Crippen LogP contribution in [-0.4, -0.2) is 27.2 Å². The average molecular weight is 253 g/mol. The Kier molecular flexibility index (Phi) is 4.86. The van der Waals surface area contributed by atoms with Crippen LogP contribution < -0.4 is 16.6 Å². The zero-order valence-corrected chi connectivity index (χ0v) is 11.5. The van der Waals surface area contributed by atoms with Crippen molar-refractivity contribution >= 4 is 11.6 Å². The van der Waals surface area contributed by atoms with Gasteiger partial charge in [-0.3, -0.25) is 0 Å². The molecule has 0 saturated heterocycles. The third-order valence-corrected chi connectivity index (χ3v) is 3.19. The van der Waals surface area contributed by atoms with Gasteiger partial charge in [-0.15, -0.1) is 0 Å². The molecule has 5 N–H and O–H groups in total. The summed E-state index contributed by atoms with van der Waals surface area (Å²) in [4.78, 5) is 8.75. The van der Waals surface area contributed by atoms with E-state index >= 15 is 0 Å². The molecule has 0 aliphatic heterocycles. The number of anilines is 2. The molecule has 102 valence electrons. The molecular formula is C12H23N5O. The van der Waals surface area contributed by atoms with E-state index in [1.54, 1.807) is 0 Å². The zero-order valence-electron chi connectivity index (χ0n) is 11.5. The van der Waals surface area contributed by atoms with E-state index in [1.807, 2.05) is 27.7 Å². The van der Waals surface area contributed by atoms with E-state index < -0.39 is 5.54 Å². The van der Waals surface area contributed by atoms with Crippen molar-refractivity contribution in [2.24, 2.45) is 5.84 Å². The average Bonchev–Trinajstić information content (AvgIpc) is 2.40. The summed E-state index contributed by atoms with van der Waals surface area (Å²) in [6.07, 6.45) is 1.52. The molecular weight excluding hydrogens is 230 g/mol. The minimum absolute atomic E-state index is 0.0415. The normalized spacial score (nSPS) is 14.1. The summed E-state index contributed by atoms with van der Waals surface area (Å²) in [6.45, 7) is 7.89. The predicted molar refractivity (Wildman–Crippen MR) is 73.4 cm³/mol. The number of nitrogen functional groups attached to an aromatic ring is 1. The maximum absolute atomic E-state index is 9.44. The molecule has 0 saturated carbocycles. The number of nitrogens with zero attached hydrogens (tertiary/aromatic N) is 2. The van der Waals surface area contributed by atoms with E-state index in [4.69, 9.17) is 5.84 Å². The minimum atomic E-state index is -0.393. The predicted octanol–water partition coefficient (Wildman–Crippen LogP) is 1.21. The van der Waals surface area contributed by atoms with Gasteiger partial charge in [0.25, 0.3) is 0 Å². The van der Waals surface area contributed by atoms with E-state index in [1.165, 1.54) is 0 Å². The Hall–Kier alpha value is -1.40. The number of nitrogens with two attached hydrogens (primary N) is 1. The van der Waals surface area contributed by atoms with Gasteiger partial charge in [0.15, 0.2) is 0 Å². The molecule has 1 aromatic heterocycles. The van der Waals surface area contributed by atoms with Crippen molar-refractivity contribution in [2.45, 2.75) is 46.1 Å². The number of hydrazine groups is 1. The Labute approximate surface area is 108 Å². The highest BCUT2D eigenvalue weighted by atomic mass is 16.3. The molecule has 0 radical (unpaired) electrons. The van der Waals surface area contributed by atoms with E-state index in [-0.39, 0.29) is 6.61 Å². The lowest BCUT2D eigenvalue weighted by Gasteiger charge is -2.29. The summed E-state index contributed by atoms with van der Waals surface area (Å²) in [5, 5.41) is 12.7. The van der Waals surface area contributed by atoms with Gasteiger partial charge in [-0.05, 0) is 20.3 Å². The molecule has 0 amide bonds. The molecule has 0 bridgehead atoms. The van der Waals surface area contributed by atoms with Gasteiger partial charge in [0, 0.05) is 12.0 Å². The number of aromatic nitrogens is 2. The summed E-state index contributed by atoms with van der Waals surface area (Å²) in [5.74, 6) is 7.50. The molecule has 1 unspecified atom stereocenters. The van der Waals surface area contributed by atoms with Gasteiger partial charge in [-0.25, -0.2) is 15.8 Å². The van der Waals surface area contributed by atoms with Gasteiger partial charge < -0.3 is 15.8 Å². The molecule has 0 aromatic carbocycles. The Morgan fingerprint density at radius 1 is 1.28 bits per heavy atom. The van der Waals surface area contributed by atoms with Crippen molar-refractivity contribution in [1.29, 1.82) is 0 Å². The van der Waals surface area contributed by atoms with Crippen LogP contribution in [0, 0.1) is 6.92 Å².